The van der Waals surface area contributed by atoms with Gasteiger partial charge in [0.2, 0.25) is 0 Å². The number of Topliss-reactive ketones (excluding diaryl/α,β-unsaturated/α-hetero) is 1. The minimum absolute atomic E-state index is 0.0601. The van der Waals surface area contributed by atoms with Crippen molar-refractivity contribution in [2.45, 2.75) is 18.5 Å². The maximum Gasteiger partial charge on any atom is 0.336 e. The van der Waals surface area contributed by atoms with Crippen LogP contribution >= 0.6 is 11.8 Å². The molecule has 31 heavy (non-hydrogen) atoms. The molecule has 6 rings (SSSR count). The summed E-state index contributed by atoms with van der Waals surface area (Å²) < 4.78 is 5.53. The van der Waals surface area contributed by atoms with E-state index in [1.54, 1.807) is 11.8 Å². The third kappa shape index (κ3) is 2.31. The molecule has 0 aromatic heterocycles. The second-order valence-electron chi connectivity index (χ2n) is 8.11. The largest absolute Gasteiger partial charge is 0.463 e. The summed E-state index contributed by atoms with van der Waals surface area (Å²) in [4.78, 5) is 29.9. The molecule has 3 aromatic rings. The van der Waals surface area contributed by atoms with E-state index in [4.69, 9.17) is 4.74 Å². The summed E-state index contributed by atoms with van der Waals surface area (Å²) in [5, 5.41) is 2.06. The van der Waals surface area contributed by atoms with Gasteiger partial charge in [-0.25, -0.2) is 4.79 Å². The molecule has 0 amide bonds. The van der Waals surface area contributed by atoms with Crippen molar-refractivity contribution in [2.75, 3.05) is 18.2 Å². The molecule has 0 radical (unpaired) electrons. The van der Waals surface area contributed by atoms with E-state index < -0.39 is 5.54 Å². The highest BCUT2D eigenvalue weighted by Crippen LogP contribution is 2.60. The topological polar surface area (TPSA) is 46.6 Å². The van der Waals surface area contributed by atoms with Crippen molar-refractivity contribution in [3.8, 4) is 0 Å². The predicted molar refractivity (Wildman–Crippen MR) is 123 cm³/mol. The number of nitrogens with zero attached hydrogens (tertiary/aromatic N) is 1. The SMILES string of the molecule is CCOC(=O)C1=C(c2ccccc2)[C@]2(C(=O)c3cccc4cccc2c34)N2CSC[C@H]12. The molecule has 2 aliphatic heterocycles. The van der Waals surface area contributed by atoms with Gasteiger partial charge in [0.15, 0.2) is 5.78 Å². The molecule has 3 aliphatic rings. The lowest BCUT2D eigenvalue weighted by atomic mass is 9.78. The Kier molecular flexibility index (Phi) is 4.14. The molecule has 1 aliphatic carbocycles. The Morgan fingerprint density at radius 2 is 1.87 bits per heavy atom. The van der Waals surface area contributed by atoms with Gasteiger partial charge in [0.25, 0.3) is 0 Å². The summed E-state index contributed by atoms with van der Waals surface area (Å²) in [5.74, 6) is 1.21. The zero-order valence-corrected chi connectivity index (χ0v) is 17.9. The van der Waals surface area contributed by atoms with Gasteiger partial charge in [-0.15, -0.1) is 11.8 Å². The first-order valence-corrected chi connectivity index (χ1v) is 11.7. The molecular formula is C26H21NO3S. The number of benzene rings is 3. The monoisotopic (exact) mass is 427 g/mol. The lowest BCUT2D eigenvalue weighted by Crippen LogP contribution is -2.48. The fourth-order valence-electron chi connectivity index (χ4n) is 5.62. The molecule has 0 bridgehead atoms. The van der Waals surface area contributed by atoms with Gasteiger partial charge in [0, 0.05) is 22.8 Å². The van der Waals surface area contributed by atoms with Crippen molar-refractivity contribution in [3.63, 3.8) is 0 Å². The van der Waals surface area contributed by atoms with E-state index in [-0.39, 0.29) is 17.8 Å². The van der Waals surface area contributed by atoms with Crippen LogP contribution in [-0.4, -0.2) is 40.9 Å². The molecule has 3 aromatic carbocycles. The molecule has 0 N–H and O–H groups in total. The van der Waals surface area contributed by atoms with Crippen LogP contribution < -0.4 is 0 Å². The number of fused-ring (bicyclic) bond motifs is 3. The summed E-state index contributed by atoms with van der Waals surface area (Å²) in [6, 6.07) is 21.8. The molecular weight excluding hydrogens is 406 g/mol. The standard InChI is InChI=1S/C26H21NO3S/c1-2-30-25(29)22-20-14-31-15-27(20)26(23(22)17-8-4-3-5-9-17)19-13-7-11-16-10-6-12-18(21(16)19)24(26)28/h3-13,20H,2,14-15H2,1H3/t20-,26-/m1/s1. The van der Waals surface area contributed by atoms with Crippen LogP contribution in [0.4, 0.5) is 0 Å². The van der Waals surface area contributed by atoms with Crippen LogP contribution in [-0.2, 0) is 15.1 Å². The van der Waals surface area contributed by atoms with Crippen molar-refractivity contribution < 1.29 is 14.3 Å². The first-order valence-electron chi connectivity index (χ1n) is 10.6. The molecule has 2 atom stereocenters. The number of ketones is 1. The van der Waals surface area contributed by atoms with E-state index in [0.29, 0.717) is 18.1 Å². The number of hydrogen-bond acceptors (Lipinski definition) is 5. The normalized spacial score (nSPS) is 24.4. The molecule has 1 spiro atoms. The van der Waals surface area contributed by atoms with Crippen LogP contribution in [0.5, 0.6) is 0 Å². The Morgan fingerprint density at radius 1 is 1.10 bits per heavy atom. The summed E-state index contributed by atoms with van der Waals surface area (Å²) in [7, 11) is 0. The van der Waals surface area contributed by atoms with Crippen molar-refractivity contribution in [1.29, 1.82) is 0 Å². The van der Waals surface area contributed by atoms with Gasteiger partial charge < -0.3 is 4.74 Å². The van der Waals surface area contributed by atoms with Crippen molar-refractivity contribution in [3.05, 3.63) is 89.0 Å². The van der Waals surface area contributed by atoms with E-state index in [0.717, 1.165) is 38.8 Å². The van der Waals surface area contributed by atoms with Gasteiger partial charge in [-0.05, 0) is 28.8 Å². The fourth-order valence-corrected chi connectivity index (χ4v) is 6.86. The van der Waals surface area contributed by atoms with Crippen LogP contribution in [0.15, 0.2) is 72.3 Å². The summed E-state index contributed by atoms with van der Waals surface area (Å²) in [6.07, 6.45) is 0. The number of hydrogen-bond donors (Lipinski definition) is 0. The molecule has 5 heteroatoms. The molecule has 1 saturated heterocycles. The van der Waals surface area contributed by atoms with Crippen LogP contribution in [0.3, 0.4) is 0 Å². The van der Waals surface area contributed by atoms with Crippen molar-refractivity contribution in [1.82, 2.24) is 4.90 Å². The van der Waals surface area contributed by atoms with Crippen LogP contribution in [0.25, 0.3) is 16.3 Å². The van der Waals surface area contributed by atoms with Gasteiger partial charge in [0.05, 0.1) is 18.2 Å². The Morgan fingerprint density at radius 3 is 2.65 bits per heavy atom. The first-order chi connectivity index (χ1) is 15.2. The smallest absolute Gasteiger partial charge is 0.336 e. The number of carbonyl (C=O) groups is 2. The zero-order chi connectivity index (χ0) is 21.2. The Balaban J connectivity index is 1.74. The number of rotatable bonds is 3. The Bertz CT molecular complexity index is 1280. The molecule has 4 nitrogen and oxygen atoms in total. The van der Waals surface area contributed by atoms with E-state index in [1.807, 2.05) is 55.5 Å². The average Bonchev–Trinajstić information content (AvgIpc) is 3.44. The molecule has 0 saturated carbocycles. The maximum atomic E-state index is 14.3. The second-order valence-corrected chi connectivity index (χ2v) is 9.11. The van der Waals surface area contributed by atoms with Crippen LogP contribution in [0.1, 0.15) is 28.4 Å². The van der Waals surface area contributed by atoms with Gasteiger partial charge in [-0.1, -0.05) is 66.7 Å². The Hall–Kier alpha value is -2.89. The quantitative estimate of drug-likeness (QED) is 0.570. The van der Waals surface area contributed by atoms with Gasteiger partial charge in [0.1, 0.15) is 5.54 Å². The molecule has 2 heterocycles. The number of esters is 1. The molecule has 0 unspecified atom stereocenters. The lowest BCUT2D eigenvalue weighted by Gasteiger charge is -2.36. The minimum Gasteiger partial charge on any atom is -0.463 e. The van der Waals surface area contributed by atoms with E-state index >= 15 is 0 Å². The Labute approximate surface area is 184 Å². The third-order valence-corrected chi connectivity index (χ3v) is 7.72. The van der Waals surface area contributed by atoms with Crippen molar-refractivity contribution in [2.24, 2.45) is 0 Å². The number of thioether (sulfide) groups is 1. The lowest BCUT2D eigenvalue weighted by molar-refractivity contribution is -0.138. The summed E-state index contributed by atoms with van der Waals surface area (Å²) >= 11 is 1.77. The highest BCUT2D eigenvalue weighted by Gasteiger charge is 2.63. The molecule has 154 valence electrons. The second kappa shape index (κ2) is 6.81. The summed E-state index contributed by atoms with van der Waals surface area (Å²) in [6.45, 7) is 2.13. The average molecular weight is 428 g/mol. The fraction of sp³-hybridized carbons (Fsp3) is 0.231. The van der Waals surface area contributed by atoms with Crippen LogP contribution in [0.2, 0.25) is 0 Å². The maximum absolute atomic E-state index is 14.3. The first kappa shape index (κ1) is 18.8. The number of ether oxygens (including phenoxy) is 1. The minimum atomic E-state index is -0.999. The zero-order valence-electron chi connectivity index (χ0n) is 17.1. The van der Waals surface area contributed by atoms with Crippen molar-refractivity contribution >= 4 is 39.9 Å². The highest BCUT2D eigenvalue weighted by atomic mass is 32.2. The van der Waals surface area contributed by atoms with Gasteiger partial charge >= 0.3 is 5.97 Å². The van der Waals surface area contributed by atoms with E-state index in [9.17, 15) is 9.59 Å². The molecule has 1 fully saturated rings. The highest BCUT2D eigenvalue weighted by molar-refractivity contribution is 7.99. The summed E-state index contributed by atoms with van der Waals surface area (Å²) in [5.41, 5.74) is 3.06. The number of carbonyl (C=O) groups excluding carboxylic acids is 2. The van der Waals surface area contributed by atoms with Gasteiger partial charge in [-0.2, -0.15) is 0 Å². The van der Waals surface area contributed by atoms with E-state index in [2.05, 4.69) is 23.1 Å². The van der Waals surface area contributed by atoms with Gasteiger partial charge in [-0.3, -0.25) is 9.69 Å². The van der Waals surface area contributed by atoms with E-state index in [1.165, 1.54) is 0 Å². The van der Waals surface area contributed by atoms with Crippen LogP contribution in [0, 0.1) is 0 Å². The third-order valence-electron chi connectivity index (χ3n) is 6.70. The predicted octanol–water partition coefficient (Wildman–Crippen LogP) is 4.64.